The Labute approximate surface area is 173 Å². The second-order valence-corrected chi connectivity index (χ2v) is 6.12. The Kier molecular flexibility index (Phi) is 11.1. The van der Waals surface area contributed by atoms with Crippen LogP contribution in [0.2, 0.25) is 0 Å². The Hall–Kier alpha value is -2.33. The average molecular weight is 404 g/mol. The van der Waals surface area contributed by atoms with Crippen LogP contribution >= 0.6 is 0 Å². The van der Waals surface area contributed by atoms with Gasteiger partial charge in [-0.2, -0.15) is 13.2 Å². The first-order chi connectivity index (χ1) is 14.0. The van der Waals surface area contributed by atoms with E-state index in [9.17, 15) is 13.2 Å². The van der Waals surface area contributed by atoms with Crippen LogP contribution < -0.4 is 5.32 Å². The standard InChI is InChI=1S/C21H20F3N.2C2H6/c22-21(23,24)19-11-3-6-16(14-19)7-5-13-25-15-18-10-4-9-17-8-1-2-12-20(17)18;2*1-2/h1-4,6,8-12,14,25H,5,7,13,15H2;2*1-2H3. The zero-order valence-electron chi connectivity index (χ0n) is 17.8. The molecule has 0 amide bonds. The number of aryl methyl sites for hydroxylation is 1. The van der Waals surface area contributed by atoms with Crippen LogP contribution in [-0.4, -0.2) is 6.54 Å². The number of nitrogens with one attached hydrogen (secondary N) is 1. The summed E-state index contributed by atoms with van der Waals surface area (Å²) < 4.78 is 38.1. The summed E-state index contributed by atoms with van der Waals surface area (Å²) in [6.45, 7) is 9.52. The molecule has 0 spiro atoms. The smallest absolute Gasteiger partial charge is 0.313 e. The van der Waals surface area contributed by atoms with E-state index >= 15 is 0 Å². The van der Waals surface area contributed by atoms with Gasteiger partial charge in [-0.1, -0.05) is 88.4 Å². The molecule has 0 unspecified atom stereocenters. The highest BCUT2D eigenvalue weighted by Crippen LogP contribution is 2.29. The number of fused-ring (bicyclic) bond motifs is 1. The molecule has 29 heavy (non-hydrogen) atoms. The molecule has 0 aromatic heterocycles. The summed E-state index contributed by atoms with van der Waals surface area (Å²) in [4.78, 5) is 0. The van der Waals surface area contributed by atoms with Gasteiger partial charge < -0.3 is 5.32 Å². The third kappa shape index (κ3) is 7.90. The minimum atomic E-state index is -4.28. The van der Waals surface area contributed by atoms with Crippen molar-refractivity contribution in [2.45, 2.75) is 53.3 Å². The molecule has 3 aromatic rings. The van der Waals surface area contributed by atoms with E-state index in [4.69, 9.17) is 0 Å². The number of rotatable bonds is 6. The van der Waals surface area contributed by atoms with Gasteiger partial charge in [-0.3, -0.25) is 0 Å². The molecule has 0 aliphatic heterocycles. The Morgan fingerprint density at radius 1 is 0.793 bits per heavy atom. The lowest BCUT2D eigenvalue weighted by molar-refractivity contribution is -0.137. The monoisotopic (exact) mass is 403 g/mol. The highest BCUT2D eigenvalue weighted by atomic mass is 19.4. The zero-order valence-corrected chi connectivity index (χ0v) is 17.8. The Morgan fingerprint density at radius 3 is 2.17 bits per heavy atom. The summed E-state index contributed by atoms with van der Waals surface area (Å²) in [7, 11) is 0. The summed E-state index contributed by atoms with van der Waals surface area (Å²) in [5.74, 6) is 0. The van der Waals surface area contributed by atoms with E-state index in [1.54, 1.807) is 6.07 Å². The molecular formula is C25H32F3N. The van der Waals surface area contributed by atoms with E-state index in [0.717, 1.165) is 31.1 Å². The van der Waals surface area contributed by atoms with Crippen molar-refractivity contribution in [1.29, 1.82) is 0 Å². The Morgan fingerprint density at radius 2 is 1.45 bits per heavy atom. The fraction of sp³-hybridized carbons (Fsp3) is 0.360. The van der Waals surface area contributed by atoms with Gasteiger partial charge in [-0.15, -0.1) is 0 Å². The van der Waals surface area contributed by atoms with Crippen molar-refractivity contribution >= 4 is 10.8 Å². The first kappa shape index (κ1) is 24.7. The molecule has 0 fully saturated rings. The van der Waals surface area contributed by atoms with Crippen molar-refractivity contribution in [2.75, 3.05) is 6.54 Å². The third-order valence-electron chi connectivity index (χ3n) is 4.27. The van der Waals surface area contributed by atoms with Crippen molar-refractivity contribution < 1.29 is 13.2 Å². The number of hydrogen-bond acceptors (Lipinski definition) is 1. The second kappa shape index (κ2) is 13.0. The SMILES string of the molecule is CC.CC.FC(F)(F)c1cccc(CCCNCc2cccc3ccccc23)c1. The van der Waals surface area contributed by atoms with Gasteiger partial charge in [0.15, 0.2) is 0 Å². The van der Waals surface area contributed by atoms with Gasteiger partial charge in [0.1, 0.15) is 0 Å². The molecule has 0 bridgehead atoms. The normalized spacial score (nSPS) is 10.6. The van der Waals surface area contributed by atoms with Crippen molar-refractivity contribution in [3.05, 3.63) is 83.4 Å². The maximum atomic E-state index is 12.7. The maximum Gasteiger partial charge on any atom is 0.416 e. The molecule has 0 radical (unpaired) electrons. The predicted molar refractivity (Wildman–Crippen MR) is 118 cm³/mol. The van der Waals surface area contributed by atoms with Gasteiger partial charge in [0.2, 0.25) is 0 Å². The predicted octanol–water partition coefficient (Wildman–Crippen LogP) is 7.63. The third-order valence-corrected chi connectivity index (χ3v) is 4.27. The van der Waals surface area contributed by atoms with Gasteiger partial charge >= 0.3 is 6.18 Å². The van der Waals surface area contributed by atoms with E-state index in [2.05, 4.69) is 29.6 Å². The fourth-order valence-electron chi connectivity index (χ4n) is 2.99. The molecule has 0 saturated carbocycles. The first-order valence-corrected chi connectivity index (χ1v) is 10.4. The van der Waals surface area contributed by atoms with Crippen LogP contribution in [0, 0.1) is 0 Å². The summed E-state index contributed by atoms with van der Waals surface area (Å²) >= 11 is 0. The van der Waals surface area contributed by atoms with E-state index in [-0.39, 0.29) is 0 Å². The molecule has 4 heteroatoms. The maximum absolute atomic E-state index is 12.7. The summed E-state index contributed by atoms with van der Waals surface area (Å²) in [6.07, 6.45) is -2.85. The molecular weight excluding hydrogens is 371 g/mol. The largest absolute Gasteiger partial charge is 0.416 e. The molecule has 1 N–H and O–H groups in total. The number of hydrogen-bond donors (Lipinski definition) is 1. The minimum absolute atomic E-state index is 0.575. The Bertz CT molecular complexity index is 835. The highest BCUT2D eigenvalue weighted by Gasteiger charge is 2.30. The molecule has 0 atom stereocenters. The van der Waals surface area contributed by atoms with Gasteiger partial charge in [0, 0.05) is 6.54 Å². The van der Waals surface area contributed by atoms with Crippen molar-refractivity contribution in [3.8, 4) is 0 Å². The van der Waals surface area contributed by atoms with E-state index in [1.165, 1.54) is 28.5 Å². The molecule has 0 aliphatic rings. The molecule has 3 rings (SSSR count). The number of benzene rings is 3. The highest BCUT2D eigenvalue weighted by molar-refractivity contribution is 5.85. The van der Waals surface area contributed by atoms with Crippen LogP contribution in [-0.2, 0) is 19.1 Å². The van der Waals surface area contributed by atoms with Gasteiger partial charge in [-0.05, 0) is 47.4 Å². The van der Waals surface area contributed by atoms with Crippen LogP contribution in [0.4, 0.5) is 13.2 Å². The van der Waals surface area contributed by atoms with Gasteiger partial charge in [0.05, 0.1) is 5.56 Å². The molecule has 1 nitrogen and oxygen atoms in total. The van der Waals surface area contributed by atoms with Crippen LogP contribution in [0.25, 0.3) is 10.8 Å². The van der Waals surface area contributed by atoms with Crippen LogP contribution in [0.15, 0.2) is 66.7 Å². The van der Waals surface area contributed by atoms with Gasteiger partial charge in [-0.25, -0.2) is 0 Å². The zero-order chi connectivity index (χ0) is 21.7. The summed E-state index contributed by atoms with van der Waals surface area (Å²) in [6, 6.07) is 20.1. The second-order valence-electron chi connectivity index (χ2n) is 6.12. The lowest BCUT2D eigenvalue weighted by Gasteiger charge is -2.10. The van der Waals surface area contributed by atoms with E-state index in [0.29, 0.717) is 6.42 Å². The van der Waals surface area contributed by atoms with E-state index in [1.807, 2.05) is 45.9 Å². The van der Waals surface area contributed by atoms with E-state index < -0.39 is 11.7 Å². The molecule has 0 saturated heterocycles. The molecule has 3 aromatic carbocycles. The number of halogens is 3. The molecule has 0 heterocycles. The summed E-state index contributed by atoms with van der Waals surface area (Å²) in [5, 5.41) is 5.83. The van der Waals surface area contributed by atoms with Crippen molar-refractivity contribution in [2.24, 2.45) is 0 Å². The first-order valence-electron chi connectivity index (χ1n) is 10.4. The number of alkyl halides is 3. The van der Waals surface area contributed by atoms with Crippen LogP contribution in [0.3, 0.4) is 0 Å². The Balaban J connectivity index is 0.000000989. The topological polar surface area (TPSA) is 12.0 Å². The molecule has 0 aliphatic carbocycles. The quantitative estimate of drug-likeness (QED) is 0.417. The fourth-order valence-corrected chi connectivity index (χ4v) is 2.99. The van der Waals surface area contributed by atoms with Crippen molar-refractivity contribution in [1.82, 2.24) is 5.32 Å². The van der Waals surface area contributed by atoms with Gasteiger partial charge in [0.25, 0.3) is 0 Å². The minimum Gasteiger partial charge on any atom is -0.313 e. The van der Waals surface area contributed by atoms with Crippen molar-refractivity contribution in [3.63, 3.8) is 0 Å². The molecule has 158 valence electrons. The summed E-state index contributed by atoms with van der Waals surface area (Å²) in [5.41, 5.74) is 1.38. The average Bonchev–Trinajstić information content (AvgIpc) is 2.76. The lowest BCUT2D eigenvalue weighted by Crippen LogP contribution is -2.15. The van der Waals surface area contributed by atoms with Crippen LogP contribution in [0.1, 0.15) is 50.8 Å². The lowest BCUT2D eigenvalue weighted by atomic mass is 10.0. The van der Waals surface area contributed by atoms with Crippen LogP contribution in [0.5, 0.6) is 0 Å².